The topological polar surface area (TPSA) is 57.2 Å². The smallest absolute Gasteiger partial charge is 0.233 e. The Morgan fingerprint density at radius 3 is 2.70 bits per heavy atom. The fourth-order valence-corrected chi connectivity index (χ4v) is 3.79. The Bertz CT molecular complexity index is 882. The highest BCUT2D eigenvalue weighted by Crippen LogP contribution is 2.32. The van der Waals surface area contributed by atoms with E-state index in [1.165, 1.54) is 11.8 Å². The number of morpholine rings is 1. The maximum atomic E-state index is 13.7. The van der Waals surface area contributed by atoms with Crippen molar-refractivity contribution in [1.82, 2.24) is 4.90 Å². The van der Waals surface area contributed by atoms with Crippen molar-refractivity contribution in [2.75, 3.05) is 46.3 Å². The number of nitrogens with zero attached hydrogens (tertiary/aromatic N) is 1. The monoisotopic (exact) mass is 439 g/mol. The number of carbonyl (C=O) groups excluding carboxylic acids is 1. The summed E-state index contributed by atoms with van der Waals surface area (Å²) in [4.78, 5) is 15.2. The normalized spacial score (nSPS) is 16.3. The first kappa shape index (κ1) is 22.2. The number of amides is 1. The minimum absolute atomic E-state index is 0.0208. The zero-order valence-electron chi connectivity index (χ0n) is 16.7. The first-order valence-electron chi connectivity index (χ1n) is 9.32. The number of carbonyl (C=O) groups is 1. The molecule has 0 radical (unpaired) electrons. The first-order valence-corrected chi connectivity index (χ1v) is 10.3. The van der Waals surface area contributed by atoms with Crippen LogP contribution in [0.5, 0.6) is 17.2 Å². The molecule has 1 fully saturated rings. The Kier molecular flexibility index (Phi) is 7.75. The fourth-order valence-electron chi connectivity index (χ4n) is 2.96. The van der Waals surface area contributed by atoms with Crippen LogP contribution in [0.15, 0.2) is 41.3 Å². The minimum atomic E-state index is -0.647. The highest BCUT2D eigenvalue weighted by molar-refractivity contribution is 8.00. The van der Waals surface area contributed by atoms with Gasteiger partial charge in [0.25, 0.3) is 0 Å². The molecule has 9 heteroatoms. The summed E-state index contributed by atoms with van der Waals surface area (Å²) in [5, 5.41) is 0. The van der Waals surface area contributed by atoms with E-state index < -0.39 is 17.7 Å². The van der Waals surface area contributed by atoms with Gasteiger partial charge >= 0.3 is 0 Å². The summed E-state index contributed by atoms with van der Waals surface area (Å²) in [5.41, 5.74) is 0. The Morgan fingerprint density at radius 1 is 1.13 bits per heavy atom. The van der Waals surface area contributed by atoms with E-state index in [0.717, 1.165) is 23.1 Å². The van der Waals surface area contributed by atoms with E-state index in [2.05, 4.69) is 0 Å². The van der Waals surface area contributed by atoms with Gasteiger partial charge in [-0.15, -0.1) is 11.8 Å². The van der Waals surface area contributed by atoms with Gasteiger partial charge in [-0.3, -0.25) is 4.79 Å². The molecule has 0 spiro atoms. The molecule has 6 nitrogen and oxygen atoms in total. The maximum absolute atomic E-state index is 13.7. The number of thioether (sulfide) groups is 1. The highest BCUT2D eigenvalue weighted by Gasteiger charge is 2.25. The van der Waals surface area contributed by atoms with E-state index >= 15 is 0 Å². The molecular formula is C21H23F2NO5S. The van der Waals surface area contributed by atoms with Gasteiger partial charge in [0.15, 0.2) is 23.1 Å². The van der Waals surface area contributed by atoms with Gasteiger partial charge < -0.3 is 23.8 Å². The van der Waals surface area contributed by atoms with Crippen molar-refractivity contribution in [3.63, 3.8) is 0 Å². The Balaban J connectivity index is 1.51. The third kappa shape index (κ3) is 5.76. The molecule has 0 aliphatic carbocycles. The summed E-state index contributed by atoms with van der Waals surface area (Å²) >= 11 is 1.40. The van der Waals surface area contributed by atoms with Crippen LogP contribution in [0.4, 0.5) is 8.78 Å². The molecule has 3 rings (SSSR count). The largest absolute Gasteiger partial charge is 0.493 e. The van der Waals surface area contributed by atoms with Crippen LogP contribution in [0.3, 0.4) is 0 Å². The van der Waals surface area contributed by atoms with Crippen LogP contribution in [0.25, 0.3) is 0 Å². The molecule has 30 heavy (non-hydrogen) atoms. The number of rotatable bonds is 8. The molecule has 1 heterocycles. The van der Waals surface area contributed by atoms with E-state index in [0.29, 0.717) is 31.2 Å². The lowest BCUT2D eigenvalue weighted by atomic mass is 10.2. The molecule has 2 aromatic carbocycles. The molecule has 0 saturated carbocycles. The SMILES string of the molecule is COc1ccc(SCC(=O)N2CCOC(COc3cc(F)ccc3F)C2)cc1OC. The summed E-state index contributed by atoms with van der Waals surface area (Å²) in [6.45, 7) is 1.16. The van der Waals surface area contributed by atoms with Gasteiger partial charge in [0.1, 0.15) is 18.5 Å². The number of benzene rings is 2. The number of halogens is 2. The summed E-state index contributed by atoms with van der Waals surface area (Å²) in [6.07, 6.45) is -0.420. The first-order chi connectivity index (χ1) is 14.5. The van der Waals surface area contributed by atoms with Gasteiger partial charge in [0.05, 0.1) is 33.1 Å². The molecule has 1 amide bonds. The maximum Gasteiger partial charge on any atom is 0.233 e. The molecule has 1 aliphatic heterocycles. The average Bonchev–Trinajstić information content (AvgIpc) is 2.78. The van der Waals surface area contributed by atoms with Crippen molar-refractivity contribution in [2.45, 2.75) is 11.0 Å². The fraction of sp³-hybridized carbons (Fsp3) is 0.381. The second-order valence-electron chi connectivity index (χ2n) is 6.52. The lowest BCUT2D eigenvalue weighted by Crippen LogP contribution is -2.48. The van der Waals surface area contributed by atoms with Crippen molar-refractivity contribution < 1.29 is 32.5 Å². The van der Waals surface area contributed by atoms with E-state index in [4.69, 9.17) is 18.9 Å². The van der Waals surface area contributed by atoms with E-state index in [1.54, 1.807) is 25.2 Å². The van der Waals surface area contributed by atoms with Gasteiger partial charge in [-0.1, -0.05) is 0 Å². The zero-order valence-corrected chi connectivity index (χ0v) is 17.5. The third-order valence-corrected chi connectivity index (χ3v) is 5.51. The predicted molar refractivity (Wildman–Crippen MR) is 108 cm³/mol. The Labute approximate surface area is 178 Å². The molecule has 1 unspecified atom stereocenters. The van der Waals surface area contributed by atoms with E-state index in [-0.39, 0.29) is 24.0 Å². The van der Waals surface area contributed by atoms with Gasteiger partial charge in [-0.2, -0.15) is 0 Å². The van der Waals surface area contributed by atoms with Gasteiger partial charge in [-0.05, 0) is 30.3 Å². The van der Waals surface area contributed by atoms with Crippen LogP contribution in [0.1, 0.15) is 0 Å². The van der Waals surface area contributed by atoms with E-state index in [9.17, 15) is 13.6 Å². The third-order valence-electron chi connectivity index (χ3n) is 4.53. The van der Waals surface area contributed by atoms with Crippen LogP contribution >= 0.6 is 11.8 Å². The summed E-state index contributed by atoms with van der Waals surface area (Å²) < 4.78 is 48.4. The molecule has 0 bridgehead atoms. The van der Waals surface area contributed by atoms with Crippen LogP contribution in [-0.4, -0.2) is 63.2 Å². The molecule has 1 atom stereocenters. The molecule has 0 aromatic heterocycles. The van der Waals surface area contributed by atoms with Crippen LogP contribution in [-0.2, 0) is 9.53 Å². The molecule has 2 aromatic rings. The van der Waals surface area contributed by atoms with Crippen molar-refractivity contribution in [2.24, 2.45) is 0 Å². The number of hydrogen-bond acceptors (Lipinski definition) is 6. The van der Waals surface area contributed by atoms with Crippen molar-refractivity contribution in [3.8, 4) is 17.2 Å². The van der Waals surface area contributed by atoms with Gasteiger partial charge in [-0.25, -0.2) is 8.78 Å². The summed E-state index contributed by atoms with van der Waals surface area (Å²) in [6, 6.07) is 8.49. The van der Waals surface area contributed by atoms with Crippen LogP contribution < -0.4 is 14.2 Å². The standard InChI is InChI=1S/C21H23F2NO5S/c1-26-18-6-4-16(10-20(18)27-2)30-13-21(25)24-7-8-28-15(11-24)12-29-19-9-14(22)3-5-17(19)23/h3-6,9-10,15H,7-8,11-13H2,1-2H3. The second-order valence-corrected chi connectivity index (χ2v) is 7.57. The van der Waals surface area contributed by atoms with Crippen molar-refractivity contribution >= 4 is 17.7 Å². The average molecular weight is 439 g/mol. The number of methoxy groups -OCH3 is 2. The summed E-state index contributed by atoms with van der Waals surface area (Å²) in [5.74, 6) is 0.0289. The highest BCUT2D eigenvalue weighted by atomic mass is 32.2. The van der Waals surface area contributed by atoms with Crippen LogP contribution in [0.2, 0.25) is 0 Å². The number of ether oxygens (including phenoxy) is 4. The Morgan fingerprint density at radius 2 is 1.93 bits per heavy atom. The van der Waals surface area contributed by atoms with Gasteiger partial charge in [0.2, 0.25) is 5.91 Å². The van der Waals surface area contributed by atoms with Crippen LogP contribution in [0, 0.1) is 11.6 Å². The van der Waals surface area contributed by atoms with Crippen molar-refractivity contribution in [1.29, 1.82) is 0 Å². The molecule has 0 N–H and O–H groups in total. The van der Waals surface area contributed by atoms with Crippen molar-refractivity contribution in [3.05, 3.63) is 48.0 Å². The summed E-state index contributed by atoms with van der Waals surface area (Å²) in [7, 11) is 3.12. The second kappa shape index (κ2) is 10.5. The Hall–Kier alpha value is -2.52. The zero-order chi connectivity index (χ0) is 21.5. The lowest BCUT2D eigenvalue weighted by Gasteiger charge is -2.32. The molecule has 1 aliphatic rings. The van der Waals surface area contributed by atoms with E-state index in [1.807, 2.05) is 12.1 Å². The lowest BCUT2D eigenvalue weighted by molar-refractivity contribution is -0.137. The number of hydrogen-bond donors (Lipinski definition) is 0. The van der Waals surface area contributed by atoms with Gasteiger partial charge in [0, 0.05) is 17.5 Å². The predicted octanol–water partition coefficient (Wildman–Crippen LogP) is 3.38. The molecule has 1 saturated heterocycles. The minimum Gasteiger partial charge on any atom is -0.493 e. The quantitative estimate of drug-likeness (QED) is 0.588. The molecular weight excluding hydrogens is 416 g/mol. The molecule has 162 valence electrons.